The zero-order chi connectivity index (χ0) is 37.8. The fourth-order valence-electron chi connectivity index (χ4n) is 7.67. The van der Waals surface area contributed by atoms with Gasteiger partial charge in [-0.25, -0.2) is 9.97 Å². The first-order valence-electron chi connectivity index (χ1n) is 19.7. The molecule has 0 bridgehead atoms. The fourth-order valence-corrected chi connectivity index (χ4v) is 7.67. The highest BCUT2D eigenvalue weighted by Crippen LogP contribution is 2.35. The van der Waals surface area contributed by atoms with Crippen molar-refractivity contribution in [3.8, 4) is 22.9 Å². The van der Waals surface area contributed by atoms with E-state index in [9.17, 15) is 0 Å². The van der Waals surface area contributed by atoms with Gasteiger partial charge in [0.2, 0.25) is 23.7 Å². The summed E-state index contributed by atoms with van der Waals surface area (Å²) in [6, 6.07) is 16.9. The summed E-state index contributed by atoms with van der Waals surface area (Å²) in [5.41, 5.74) is 9.11. The Morgan fingerprint density at radius 2 is 1.18 bits per heavy atom. The van der Waals surface area contributed by atoms with E-state index in [2.05, 4.69) is 76.7 Å². The third-order valence-electron chi connectivity index (χ3n) is 10.5. The molecule has 15 nitrogen and oxygen atoms in total. The van der Waals surface area contributed by atoms with E-state index in [1.165, 1.54) is 5.69 Å². The van der Waals surface area contributed by atoms with Crippen LogP contribution in [0, 0.1) is 0 Å². The van der Waals surface area contributed by atoms with Gasteiger partial charge in [0.05, 0.1) is 31.9 Å². The molecule has 10 rings (SSSR count). The van der Waals surface area contributed by atoms with E-state index in [-0.39, 0.29) is 0 Å². The molecule has 3 aliphatic heterocycles. The van der Waals surface area contributed by atoms with E-state index in [4.69, 9.17) is 34.1 Å². The lowest BCUT2D eigenvalue weighted by Gasteiger charge is -2.28. The van der Waals surface area contributed by atoms with Gasteiger partial charge < -0.3 is 49.5 Å². The van der Waals surface area contributed by atoms with Crippen molar-refractivity contribution in [1.29, 1.82) is 0 Å². The molecule has 0 saturated carbocycles. The molecule has 0 radical (unpaired) electrons. The number of ether oxygens (including phenoxy) is 3. The van der Waals surface area contributed by atoms with Gasteiger partial charge >= 0.3 is 0 Å². The van der Waals surface area contributed by atoms with E-state index in [1.54, 1.807) is 0 Å². The van der Waals surface area contributed by atoms with Crippen LogP contribution in [0.3, 0.4) is 0 Å². The summed E-state index contributed by atoms with van der Waals surface area (Å²) in [6.07, 6.45) is 3.62. The molecular formula is C41H48N12O3. The van der Waals surface area contributed by atoms with Gasteiger partial charge in [-0.05, 0) is 67.4 Å². The molecule has 3 fully saturated rings. The summed E-state index contributed by atoms with van der Waals surface area (Å²) in [6.45, 7) is 15.8. The summed E-state index contributed by atoms with van der Waals surface area (Å²) < 4.78 is 17.2. The molecule has 3 saturated heterocycles. The summed E-state index contributed by atoms with van der Waals surface area (Å²) in [5, 5.41) is 8.92. The predicted octanol–water partition coefficient (Wildman–Crippen LogP) is 4.74. The van der Waals surface area contributed by atoms with Crippen LogP contribution in [0.5, 0.6) is 11.8 Å². The maximum atomic E-state index is 5.88. The number of anilines is 3. The smallest absolute Gasteiger partial charge is 0.243 e. The molecule has 3 aliphatic rings. The van der Waals surface area contributed by atoms with Crippen molar-refractivity contribution in [1.82, 2.24) is 45.5 Å². The highest BCUT2D eigenvalue weighted by atomic mass is 16.5. The second-order valence-electron chi connectivity index (χ2n) is 14.0. The van der Waals surface area contributed by atoms with Gasteiger partial charge in [-0.3, -0.25) is 4.98 Å². The fraction of sp³-hybridized carbons (Fsp3) is 0.390. The largest absolute Gasteiger partial charge is 0.476 e. The molecule has 0 amide bonds. The molecule has 4 N–H and O–H groups in total. The predicted molar refractivity (Wildman–Crippen MR) is 222 cm³/mol. The Morgan fingerprint density at radius 1 is 0.589 bits per heavy atom. The monoisotopic (exact) mass is 756 g/mol. The number of pyridine rings is 1. The molecule has 15 heteroatoms. The highest BCUT2D eigenvalue weighted by Gasteiger charge is 2.22. The van der Waals surface area contributed by atoms with Crippen LogP contribution in [-0.4, -0.2) is 127 Å². The maximum Gasteiger partial charge on any atom is 0.243 e. The average molecular weight is 757 g/mol. The summed E-state index contributed by atoms with van der Waals surface area (Å²) in [7, 11) is 0. The number of H-pyrrole nitrogens is 2. The van der Waals surface area contributed by atoms with Gasteiger partial charge in [-0.15, -0.1) is 0 Å². The van der Waals surface area contributed by atoms with E-state index < -0.39 is 0 Å². The molecule has 0 aliphatic carbocycles. The second-order valence-corrected chi connectivity index (χ2v) is 14.0. The van der Waals surface area contributed by atoms with E-state index in [1.807, 2.05) is 38.4 Å². The summed E-state index contributed by atoms with van der Waals surface area (Å²) >= 11 is 0. The van der Waals surface area contributed by atoms with Crippen molar-refractivity contribution in [2.75, 3.05) is 107 Å². The minimum atomic E-state index is 0.560. The number of hydrogen-bond acceptors (Lipinski definition) is 13. The normalized spacial score (nSPS) is 16.4. The summed E-state index contributed by atoms with van der Waals surface area (Å²) in [5.74, 6) is 2.72. The van der Waals surface area contributed by atoms with Crippen molar-refractivity contribution in [3.05, 3.63) is 60.9 Å². The van der Waals surface area contributed by atoms with E-state index in [0.29, 0.717) is 25.0 Å². The van der Waals surface area contributed by atoms with Crippen LogP contribution in [0.15, 0.2) is 60.9 Å². The van der Waals surface area contributed by atoms with Crippen molar-refractivity contribution < 1.29 is 14.2 Å². The first-order chi connectivity index (χ1) is 27.7. The quantitative estimate of drug-likeness (QED) is 0.169. The summed E-state index contributed by atoms with van der Waals surface area (Å²) in [4.78, 5) is 37.1. The van der Waals surface area contributed by atoms with Crippen LogP contribution in [0.1, 0.15) is 13.8 Å². The molecule has 56 heavy (non-hydrogen) atoms. The van der Waals surface area contributed by atoms with Gasteiger partial charge in [0.1, 0.15) is 22.1 Å². The number of rotatable bonds is 8. The van der Waals surface area contributed by atoms with Crippen LogP contribution in [0.25, 0.3) is 55.0 Å². The number of hydrogen-bond donors (Lipinski definition) is 4. The average Bonchev–Trinajstić information content (AvgIpc) is 3.83. The standard InChI is InChI=1S/C21H22N6O.C20H26N6O2/c1-2-28-20-19-18(25-21(26-20)27-11-9-23-10-12-27)16-13-15(3-4-17(16)24-19)14-5-7-22-8-6-14;1-2-28-19-18-17(23-20(24-19)26-7-5-21-6-8-26)15-4-3-14(13-16(15)22-18)25-9-11-27-12-10-25/h3-8,13,23-24H,2,9-12H2,1H3;3-4,13,21-22H,2,5-12H2,1H3. The Kier molecular flexibility index (Phi) is 10.3. The molecule has 7 aromatic rings. The number of nitrogens with zero attached hydrogens (tertiary/aromatic N) is 8. The highest BCUT2D eigenvalue weighted by molar-refractivity contribution is 6.09. The van der Waals surface area contributed by atoms with Crippen LogP contribution < -0.4 is 34.8 Å². The second kappa shape index (κ2) is 16.1. The topological polar surface area (TPSA) is 158 Å². The molecule has 0 spiro atoms. The number of fused-ring (bicyclic) bond motifs is 6. The number of morpholine rings is 1. The number of aromatic nitrogens is 7. The Morgan fingerprint density at radius 3 is 1.79 bits per heavy atom. The van der Waals surface area contributed by atoms with Gasteiger partial charge in [-0.2, -0.15) is 9.97 Å². The maximum absolute atomic E-state index is 5.88. The minimum Gasteiger partial charge on any atom is -0.476 e. The molecule has 5 aromatic heterocycles. The number of piperazine rings is 2. The minimum absolute atomic E-state index is 0.560. The Balaban J connectivity index is 0.000000146. The van der Waals surface area contributed by atoms with Crippen LogP contribution in [-0.2, 0) is 4.74 Å². The number of benzene rings is 2. The van der Waals surface area contributed by atoms with Crippen LogP contribution >= 0.6 is 0 Å². The van der Waals surface area contributed by atoms with Gasteiger partial charge in [-0.1, -0.05) is 6.07 Å². The first kappa shape index (κ1) is 35.9. The Bertz CT molecular complexity index is 2430. The molecule has 2 aromatic carbocycles. The van der Waals surface area contributed by atoms with Gasteiger partial charge in [0, 0.05) is 99.8 Å². The van der Waals surface area contributed by atoms with E-state index in [0.717, 1.165) is 146 Å². The lowest BCUT2D eigenvalue weighted by molar-refractivity contribution is 0.122. The third kappa shape index (κ3) is 7.20. The SMILES string of the molecule is CCOc1nc(N2CCNCC2)nc2c1[nH]c1cc(N3CCOCC3)ccc12.CCOc1nc(N2CCNCC2)nc2c1[nH]c1ccc(-c3ccncc3)cc12. The molecule has 290 valence electrons. The molecule has 0 unspecified atom stereocenters. The van der Waals surface area contributed by atoms with Crippen LogP contribution in [0.4, 0.5) is 17.6 Å². The van der Waals surface area contributed by atoms with Crippen LogP contribution in [0.2, 0.25) is 0 Å². The molecular weight excluding hydrogens is 709 g/mol. The molecule has 0 atom stereocenters. The van der Waals surface area contributed by atoms with Crippen molar-refractivity contribution in [3.63, 3.8) is 0 Å². The van der Waals surface area contributed by atoms with Gasteiger partial charge in [0.15, 0.2) is 0 Å². The number of aromatic amines is 2. The Hall–Kier alpha value is -5.77. The van der Waals surface area contributed by atoms with Crippen molar-refractivity contribution in [2.45, 2.75) is 13.8 Å². The molecule has 8 heterocycles. The Labute approximate surface area is 324 Å². The lowest BCUT2D eigenvalue weighted by atomic mass is 10.1. The van der Waals surface area contributed by atoms with Crippen molar-refractivity contribution >= 4 is 61.5 Å². The lowest BCUT2D eigenvalue weighted by Crippen LogP contribution is -2.44. The third-order valence-corrected chi connectivity index (χ3v) is 10.5. The van der Waals surface area contributed by atoms with Crippen molar-refractivity contribution in [2.24, 2.45) is 0 Å². The van der Waals surface area contributed by atoms with E-state index >= 15 is 0 Å². The first-order valence-corrected chi connectivity index (χ1v) is 19.7. The zero-order valence-electron chi connectivity index (χ0n) is 32.0. The zero-order valence-corrected chi connectivity index (χ0v) is 32.0. The van der Waals surface area contributed by atoms with Gasteiger partial charge in [0.25, 0.3) is 0 Å². The number of nitrogens with one attached hydrogen (secondary N) is 4.